The van der Waals surface area contributed by atoms with Crippen LogP contribution < -0.4 is 4.74 Å². The van der Waals surface area contributed by atoms with Gasteiger partial charge in [-0.25, -0.2) is 5.01 Å². The van der Waals surface area contributed by atoms with Crippen molar-refractivity contribution in [3.8, 4) is 5.75 Å². The van der Waals surface area contributed by atoms with E-state index in [1.54, 1.807) is 12.1 Å². The first-order valence-electron chi connectivity index (χ1n) is 9.11. The minimum atomic E-state index is -0.156. The van der Waals surface area contributed by atoms with E-state index in [1.165, 1.54) is 0 Å². The number of amides is 1. The van der Waals surface area contributed by atoms with E-state index in [-0.39, 0.29) is 11.9 Å². The highest BCUT2D eigenvalue weighted by molar-refractivity contribution is 9.10. The van der Waals surface area contributed by atoms with Gasteiger partial charge >= 0.3 is 0 Å². The summed E-state index contributed by atoms with van der Waals surface area (Å²) in [4.78, 5) is 13.3. The predicted octanol–water partition coefficient (Wildman–Crippen LogP) is 6.21. The van der Waals surface area contributed by atoms with Gasteiger partial charge in [0, 0.05) is 20.9 Å². The summed E-state index contributed by atoms with van der Waals surface area (Å²) in [5.74, 6) is 0.675. The summed E-state index contributed by atoms with van der Waals surface area (Å²) in [6.45, 7) is 0. The molecular formula is C23H18Br2N2O2. The number of nitrogens with zero attached hydrogens (tertiary/aromatic N) is 2. The summed E-state index contributed by atoms with van der Waals surface area (Å²) in [5.41, 5.74) is 3.52. The molecule has 4 rings (SSSR count). The summed E-state index contributed by atoms with van der Waals surface area (Å²) in [6.07, 6.45) is 0.649. The zero-order valence-electron chi connectivity index (χ0n) is 15.7. The van der Waals surface area contributed by atoms with Crippen LogP contribution in [-0.4, -0.2) is 23.7 Å². The van der Waals surface area contributed by atoms with Crippen molar-refractivity contribution < 1.29 is 9.53 Å². The third kappa shape index (κ3) is 4.28. The molecular weight excluding hydrogens is 496 g/mol. The van der Waals surface area contributed by atoms with Crippen LogP contribution in [0.25, 0.3) is 0 Å². The molecule has 4 nitrogen and oxygen atoms in total. The maximum atomic E-state index is 13.3. The summed E-state index contributed by atoms with van der Waals surface area (Å²) in [6, 6.07) is 23.0. The molecule has 29 heavy (non-hydrogen) atoms. The molecule has 1 aliphatic rings. The van der Waals surface area contributed by atoms with Crippen molar-refractivity contribution in [3.63, 3.8) is 0 Å². The van der Waals surface area contributed by atoms with Crippen LogP contribution >= 0.6 is 31.9 Å². The topological polar surface area (TPSA) is 41.9 Å². The number of hydrogen-bond acceptors (Lipinski definition) is 3. The molecule has 3 aromatic carbocycles. The van der Waals surface area contributed by atoms with Gasteiger partial charge in [-0.2, -0.15) is 5.10 Å². The Bertz CT molecular complexity index is 1050. The molecule has 6 heteroatoms. The molecule has 0 fully saturated rings. The first kappa shape index (κ1) is 19.9. The van der Waals surface area contributed by atoms with Crippen molar-refractivity contribution in [2.24, 2.45) is 5.10 Å². The average Bonchev–Trinajstić information content (AvgIpc) is 3.20. The Morgan fingerprint density at radius 2 is 1.52 bits per heavy atom. The van der Waals surface area contributed by atoms with Gasteiger partial charge in [0.25, 0.3) is 5.91 Å². The zero-order chi connectivity index (χ0) is 20.4. The maximum absolute atomic E-state index is 13.3. The van der Waals surface area contributed by atoms with Crippen LogP contribution in [0.15, 0.2) is 86.8 Å². The monoisotopic (exact) mass is 512 g/mol. The second-order valence-corrected chi connectivity index (χ2v) is 8.53. The molecule has 0 saturated carbocycles. The van der Waals surface area contributed by atoms with Crippen molar-refractivity contribution in [1.29, 1.82) is 0 Å². The lowest BCUT2D eigenvalue weighted by Crippen LogP contribution is -2.27. The van der Waals surface area contributed by atoms with E-state index >= 15 is 0 Å². The van der Waals surface area contributed by atoms with Gasteiger partial charge < -0.3 is 4.74 Å². The van der Waals surface area contributed by atoms with Crippen molar-refractivity contribution >= 4 is 43.5 Å². The molecule has 0 aromatic heterocycles. The molecule has 0 unspecified atom stereocenters. The summed E-state index contributed by atoms with van der Waals surface area (Å²) < 4.78 is 7.18. The Hall–Kier alpha value is -2.44. The van der Waals surface area contributed by atoms with E-state index in [1.807, 2.05) is 72.8 Å². The van der Waals surface area contributed by atoms with Gasteiger partial charge in [-0.1, -0.05) is 44.0 Å². The smallest absolute Gasteiger partial charge is 0.274 e. The number of rotatable bonds is 4. The lowest BCUT2D eigenvalue weighted by molar-refractivity contribution is 0.0711. The first-order valence-corrected chi connectivity index (χ1v) is 10.7. The van der Waals surface area contributed by atoms with Crippen LogP contribution in [0.2, 0.25) is 0 Å². The molecule has 1 aliphatic heterocycles. The van der Waals surface area contributed by atoms with E-state index < -0.39 is 0 Å². The van der Waals surface area contributed by atoms with Crippen LogP contribution in [0.3, 0.4) is 0 Å². The van der Waals surface area contributed by atoms with E-state index in [0.717, 1.165) is 31.5 Å². The van der Waals surface area contributed by atoms with E-state index in [0.29, 0.717) is 12.0 Å². The first-order chi connectivity index (χ1) is 14.0. The number of hydrazone groups is 1. The number of methoxy groups -OCH3 is 1. The molecule has 0 radical (unpaired) electrons. The number of carbonyl (C=O) groups excluding carboxylic acids is 1. The molecule has 1 amide bonds. The molecule has 0 aliphatic carbocycles. The molecule has 1 heterocycles. The zero-order valence-corrected chi connectivity index (χ0v) is 18.9. The lowest BCUT2D eigenvalue weighted by Gasteiger charge is -2.22. The highest BCUT2D eigenvalue weighted by Gasteiger charge is 2.33. The number of halogens is 2. The summed E-state index contributed by atoms with van der Waals surface area (Å²) >= 11 is 6.90. The fourth-order valence-electron chi connectivity index (χ4n) is 3.32. The molecule has 0 N–H and O–H groups in total. The molecule has 0 bridgehead atoms. The van der Waals surface area contributed by atoms with Crippen molar-refractivity contribution in [1.82, 2.24) is 5.01 Å². The highest BCUT2D eigenvalue weighted by Crippen LogP contribution is 2.35. The molecule has 146 valence electrons. The predicted molar refractivity (Wildman–Crippen MR) is 121 cm³/mol. The summed E-state index contributed by atoms with van der Waals surface area (Å²) in [7, 11) is 1.64. The molecule has 0 saturated heterocycles. The second-order valence-electron chi connectivity index (χ2n) is 6.70. The van der Waals surface area contributed by atoms with Gasteiger partial charge in [-0.15, -0.1) is 0 Å². The van der Waals surface area contributed by atoms with E-state index in [2.05, 4.69) is 31.9 Å². The third-order valence-corrected chi connectivity index (χ3v) is 5.94. The fourth-order valence-corrected chi connectivity index (χ4v) is 3.85. The molecule has 3 aromatic rings. The largest absolute Gasteiger partial charge is 0.497 e. The van der Waals surface area contributed by atoms with Gasteiger partial charge in [-0.3, -0.25) is 4.79 Å². The normalized spacial score (nSPS) is 15.9. The van der Waals surface area contributed by atoms with Gasteiger partial charge in [0.15, 0.2) is 0 Å². The van der Waals surface area contributed by atoms with Crippen LogP contribution in [0.4, 0.5) is 0 Å². The van der Waals surface area contributed by atoms with Crippen molar-refractivity contribution in [2.45, 2.75) is 12.5 Å². The Morgan fingerprint density at radius 3 is 2.10 bits per heavy atom. The van der Waals surface area contributed by atoms with Gasteiger partial charge in [0.05, 0.1) is 18.9 Å². The molecule has 0 spiro atoms. The quantitative estimate of drug-likeness (QED) is 0.416. The minimum absolute atomic E-state index is 0.117. The van der Waals surface area contributed by atoms with E-state index in [4.69, 9.17) is 9.84 Å². The maximum Gasteiger partial charge on any atom is 0.274 e. The second kappa shape index (κ2) is 8.51. The Labute approximate surface area is 186 Å². The molecule has 1 atom stereocenters. The summed E-state index contributed by atoms with van der Waals surface area (Å²) in [5, 5.41) is 6.33. The van der Waals surface area contributed by atoms with Crippen LogP contribution in [0.1, 0.15) is 33.9 Å². The van der Waals surface area contributed by atoms with Crippen LogP contribution in [0, 0.1) is 0 Å². The Morgan fingerprint density at radius 1 is 0.931 bits per heavy atom. The van der Waals surface area contributed by atoms with Crippen molar-refractivity contribution in [3.05, 3.63) is 98.4 Å². The Balaban J connectivity index is 1.70. The Kier molecular flexibility index (Phi) is 5.83. The number of hydrogen-bond donors (Lipinski definition) is 0. The standard InChI is InChI=1S/C23H18Br2N2O2/c1-29-20-12-6-15(7-13-20)21-14-22(16-2-8-18(24)9-3-16)27(26-21)23(28)17-4-10-19(25)11-5-17/h2-13,22H,14H2,1H3/t22-/m0/s1. The van der Waals surface area contributed by atoms with Crippen LogP contribution in [0.5, 0.6) is 5.75 Å². The number of benzene rings is 3. The lowest BCUT2D eigenvalue weighted by atomic mass is 9.98. The van der Waals surface area contributed by atoms with Crippen molar-refractivity contribution in [2.75, 3.05) is 7.11 Å². The SMILES string of the molecule is COc1ccc(C2=NN(C(=O)c3ccc(Br)cc3)[C@H](c3ccc(Br)cc3)C2)cc1. The van der Waals surface area contributed by atoms with Crippen LogP contribution in [-0.2, 0) is 0 Å². The average molecular weight is 514 g/mol. The third-order valence-electron chi connectivity index (χ3n) is 4.89. The highest BCUT2D eigenvalue weighted by atomic mass is 79.9. The number of ether oxygens (including phenoxy) is 1. The van der Waals surface area contributed by atoms with Gasteiger partial charge in [-0.05, 0) is 71.8 Å². The van der Waals surface area contributed by atoms with E-state index in [9.17, 15) is 4.79 Å². The minimum Gasteiger partial charge on any atom is -0.497 e. The fraction of sp³-hybridized carbons (Fsp3) is 0.130. The van der Waals surface area contributed by atoms with Gasteiger partial charge in [0.1, 0.15) is 5.75 Å². The van der Waals surface area contributed by atoms with Gasteiger partial charge in [0.2, 0.25) is 0 Å². The number of carbonyl (C=O) groups is 1.